The van der Waals surface area contributed by atoms with Crippen LogP contribution in [0.25, 0.3) is 0 Å². The van der Waals surface area contributed by atoms with Crippen molar-refractivity contribution in [2.24, 2.45) is 5.92 Å². The van der Waals surface area contributed by atoms with Gasteiger partial charge in [0.15, 0.2) is 0 Å². The minimum absolute atomic E-state index is 0.678. The van der Waals surface area contributed by atoms with Gasteiger partial charge in [-0.3, -0.25) is 0 Å². The maximum atomic E-state index is 15.0. The zero-order chi connectivity index (χ0) is 14.8. The van der Waals surface area contributed by atoms with Gasteiger partial charge in [0.2, 0.25) is 0 Å². The van der Waals surface area contributed by atoms with Crippen LogP contribution in [0.4, 0.5) is 8.78 Å². The molecule has 20 heavy (non-hydrogen) atoms. The predicted molar refractivity (Wildman–Crippen MR) is 80.0 cm³/mol. The Morgan fingerprint density at radius 2 is 1.70 bits per heavy atom. The van der Waals surface area contributed by atoms with Crippen LogP contribution in [0.5, 0.6) is 0 Å². The first-order valence-electron chi connectivity index (χ1n) is 7.17. The molecular formula is C18H22F2. The molecule has 0 aromatic heterocycles. The monoisotopic (exact) mass is 276 g/mol. The average molecular weight is 276 g/mol. The van der Waals surface area contributed by atoms with Gasteiger partial charge in [0.05, 0.1) is 5.41 Å². The van der Waals surface area contributed by atoms with E-state index in [1.165, 1.54) is 0 Å². The number of hydrogen-bond acceptors (Lipinski definition) is 0. The number of rotatable bonds is 4. The lowest BCUT2D eigenvalue weighted by Crippen LogP contribution is -2.46. The largest absolute Gasteiger partial charge is 0.263 e. The highest BCUT2D eigenvalue weighted by atomic mass is 19.3. The Morgan fingerprint density at radius 1 is 1.05 bits per heavy atom. The number of hydrogen-bond donors (Lipinski definition) is 0. The second kappa shape index (κ2) is 5.51. The molecule has 0 spiro atoms. The minimum atomic E-state index is -2.80. The summed E-state index contributed by atoms with van der Waals surface area (Å²) in [6.45, 7) is 4.89. The van der Waals surface area contributed by atoms with Crippen LogP contribution >= 0.6 is 0 Å². The second-order valence-electron chi connectivity index (χ2n) is 6.02. The van der Waals surface area contributed by atoms with E-state index in [1.807, 2.05) is 36.4 Å². The summed E-state index contributed by atoms with van der Waals surface area (Å²) in [7, 11) is 0. The van der Waals surface area contributed by atoms with Gasteiger partial charge in [0.1, 0.15) is 0 Å². The Labute approximate surface area is 120 Å². The molecule has 1 atom stereocenters. The van der Waals surface area contributed by atoms with Gasteiger partial charge in [-0.15, -0.1) is 0 Å². The lowest BCUT2D eigenvalue weighted by atomic mass is 9.71. The van der Waals surface area contributed by atoms with E-state index >= 15 is 0 Å². The van der Waals surface area contributed by atoms with E-state index < -0.39 is 17.3 Å². The normalized spacial score (nSPS) is 17.8. The summed E-state index contributed by atoms with van der Waals surface area (Å²) in [5, 5.41) is 0. The third-order valence-electron chi connectivity index (χ3n) is 4.40. The van der Waals surface area contributed by atoms with E-state index in [1.54, 1.807) is 32.9 Å². The molecule has 0 saturated heterocycles. The number of alkyl halides is 2. The van der Waals surface area contributed by atoms with Crippen LogP contribution in [0.1, 0.15) is 39.2 Å². The molecule has 0 N–H and O–H groups in total. The molecule has 1 aliphatic rings. The van der Waals surface area contributed by atoms with E-state index in [-0.39, 0.29) is 0 Å². The summed E-state index contributed by atoms with van der Waals surface area (Å²) in [5.41, 5.74) is 0.238. The van der Waals surface area contributed by atoms with Gasteiger partial charge in [-0.2, -0.15) is 0 Å². The van der Waals surface area contributed by atoms with E-state index in [0.29, 0.717) is 5.56 Å². The second-order valence-corrected chi connectivity index (χ2v) is 6.02. The van der Waals surface area contributed by atoms with Crippen LogP contribution in [-0.2, 0) is 5.41 Å². The van der Waals surface area contributed by atoms with Crippen molar-refractivity contribution in [2.45, 2.75) is 45.0 Å². The molecule has 0 radical (unpaired) electrons. The Morgan fingerprint density at radius 3 is 2.25 bits per heavy atom. The first kappa shape index (κ1) is 15.0. The maximum absolute atomic E-state index is 15.0. The van der Waals surface area contributed by atoms with Gasteiger partial charge in [0, 0.05) is 5.92 Å². The summed E-state index contributed by atoms with van der Waals surface area (Å²) < 4.78 is 30.0. The molecule has 1 unspecified atom stereocenters. The first-order chi connectivity index (χ1) is 9.37. The molecule has 2 heteroatoms. The molecular weight excluding hydrogens is 254 g/mol. The third-order valence-corrected chi connectivity index (χ3v) is 4.40. The van der Waals surface area contributed by atoms with Crippen LogP contribution < -0.4 is 0 Å². The van der Waals surface area contributed by atoms with Crippen molar-refractivity contribution in [3.63, 3.8) is 0 Å². The smallest absolute Gasteiger partial charge is 0.205 e. The van der Waals surface area contributed by atoms with Gasteiger partial charge in [-0.25, -0.2) is 8.78 Å². The summed E-state index contributed by atoms with van der Waals surface area (Å²) in [6.07, 6.45) is 7.59. The van der Waals surface area contributed by atoms with Gasteiger partial charge in [-0.1, -0.05) is 55.5 Å². The predicted octanol–water partition coefficient (Wildman–Crippen LogP) is 5.51. The molecule has 0 heterocycles. The molecule has 1 aliphatic carbocycles. The van der Waals surface area contributed by atoms with Crippen molar-refractivity contribution in [1.29, 1.82) is 0 Å². The lowest BCUT2D eigenvalue weighted by Gasteiger charge is -2.39. The summed E-state index contributed by atoms with van der Waals surface area (Å²) in [6, 6.07) is 9.06. The first-order valence-corrected chi connectivity index (χ1v) is 7.17. The minimum Gasteiger partial charge on any atom is -0.205 e. The van der Waals surface area contributed by atoms with E-state index in [4.69, 9.17) is 0 Å². The zero-order valence-electron chi connectivity index (χ0n) is 12.4. The molecule has 0 nitrogen and oxygen atoms in total. The van der Waals surface area contributed by atoms with E-state index in [9.17, 15) is 8.78 Å². The zero-order valence-corrected chi connectivity index (χ0v) is 12.4. The SMILES string of the molecule is CC(C1=CCCC=C1)C(F)(F)C(C)(C)c1ccccc1. The van der Waals surface area contributed by atoms with Crippen LogP contribution in [0, 0.1) is 5.92 Å². The summed E-state index contributed by atoms with van der Waals surface area (Å²) in [5.74, 6) is -3.59. The highest BCUT2D eigenvalue weighted by molar-refractivity contribution is 5.32. The van der Waals surface area contributed by atoms with E-state index in [2.05, 4.69) is 0 Å². The van der Waals surface area contributed by atoms with Crippen molar-refractivity contribution in [2.75, 3.05) is 0 Å². The number of allylic oxidation sites excluding steroid dienone is 4. The molecule has 0 saturated carbocycles. The molecule has 0 bridgehead atoms. The Kier molecular flexibility index (Phi) is 4.12. The number of benzene rings is 1. The van der Waals surface area contributed by atoms with Crippen molar-refractivity contribution in [3.8, 4) is 0 Å². The molecule has 0 amide bonds. The van der Waals surface area contributed by atoms with Crippen molar-refractivity contribution in [1.82, 2.24) is 0 Å². The maximum Gasteiger partial charge on any atom is 0.263 e. The van der Waals surface area contributed by atoms with Gasteiger partial charge < -0.3 is 0 Å². The van der Waals surface area contributed by atoms with Crippen molar-refractivity contribution in [3.05, 3.63) is 59.7 Å². The molecule has 2 rings (SSSR count). The van der Waals surface area contributed by atoms with Gasteiger partial charge in [0.25, 0.3) is 5.92 Å². The van der Waals surface area contributed by atoms with Crippen LogP contribution in [0.3, 0.4) is 0 Å². The topological polar surface area (TPSA) is 0 Å². The van der Waals surface area contributed by atoms with Gasteiger partial charge in [-0.05, 0) is 37.8 Å². The Hall–Kier alpha value is -1.44. The fourth-order valence-electron chi connectivity index (χ4n) is 2.75. The number of halogens is 2. The van der Waals surface area contributed by atoms with Gasteiger partial charge >= 0.3 is 0 Å². The van der Waals surface area contributed by atoms with Crippen molar-refractivity contribution < 1.29 is 8.78 Å². The Bertz CT molecular complexity index is 509. The van der Waals surface area contributed by atoms with Crippen LogP contribution in [0.2, 0.25) is 0 Å². The molecule has 1 aromatic rings. The molecule has 0 aliphatic heterocycles. The summed E-state index contributed by atoms with van der Waals surface area (Å²) in [4.78, 5) is 0. The van der Waals surface area contributed by atoms with Crippen LogP contribution in [0.15, 0.2) is 54.1 Å². The molecule has 108 valence electrons. The fraction of sp³-hybridized carbons (Fsp3) is 0.444. The molecule has 1 aromatic carbocycles. The summed E-state index contributed by atoms with van der Waals surface area (Å²) >= 11 is 0. The lowest BCUT2D eigenvalue weighted by molar-refractivity contribution is -0.0978. The fourth-order valence-corrected chi connectivity index (χ4v) is 2.75. The highest BCUT2D eigenvalue weighted by Crippen LogP contribution is 2.47. The quantitative estimate of drug-likeness (QED) is 0.680. The van der Waals surface area contributed by atoms with E-state index in [0.717, 1.165) is 18.4 Å². The Balaban J connectivity index is 2.33. The van der Waals surface area contributed by atoms with Crippen LogP contribution in [-0.4, -0.2) is 5.92 Å². The highest BCUT2D eigenvalue weighted by Gasteiger charge is 2.52. The average Bonchev–Trinajstić information content (AvgIpc) is 2.48. The molecule has 0 fully saturated rings. The standard InChI is InChI=1S/C18H22F2/c1-14(15-10-6-4-7-11-15)18(19,20)17(2,3)16-12-8-5-9-13-16/h5-6,8-14H,4,7H2,1-3H3. The van der Waals surface area contributed by atoms with Crippen molar-refractivity contribution >= 4 is 0 Å². The third kappa shape index (κ3) is 2.56.